The third kappa shape index (κ3) is 2.12. The molecule has 0 bridgehead atoms. The van der Waals surface area contributed by atoms with Crippen molar-refractivity contribution < 1.29 is 8.42 Å². The molecule has 1 atom stereocenters. The van der Waals surface area contributed by atoms with Crippen LogP contribution in [0, 0.1) is 0 Å². The Hall–Kier alpha value is -2.15. The third-order valence-electron chi connectivity index (χ3n) is 4.30. The number of aromatic amines is 1. The first kappa shape index (κ1) is 13.5. The van der Waals surface area contributed by atoms with E-state index in [9.17, 15) is 8.42 Å². The molecule has 1 fully saturated rings. The van der Waals surface area contributed by atoms with Crippen LogP contribution < -0.4 is 0 Å². The molecular weight excluding hydrogens is 300 g/mol. The predicted molar refractivity (Wildman–Crippen MR) is 82.3 cm³/mol. The van der Waals surface area contributed by atoms with E-state index in [1.807, 2.05) is 18.2 Å². The quantitative estimate of drug-likeness (QED) is 0.869. The number of nitrogens with zero attached hydrogens (tertiary/aromatic N) is 3. The molecule has 3 heterocycles. The van der Waals surface area contributed by atoms with Crippen LogP contribution >= 0.6 is 0 Å². The maximum absolute atomic E-state index is 12.2. The number of amidine groups is 1. The van der Waals surface area contributed by atoms with Crippen molar-refractivity contribution in [3.8, 4) is 0 Å². The Bertz CT molecular complexity index is 827. The standard InChI is InChI=1S/C15H16N4O2S/c20-22(21)14-6-2-1-5-12(14)15(18-22)19-9-3-4-11(10-19)13-7-8-16-17-13/h1-2,5-8,11H,3-4,9-10H2,(H,16,17). The second-order valence-electron chi connectivity index (χ2n) is 5.68. The fourth-order valence-electron chi connectivity index (χ4n) is 3.23. The fraction of sp³-hybridized carbons (Fsp3) is 0.333. The number of hydrogen-bond donors (Lipinski definition) is 1. The first-order valence-electron chi connectivity index (χ1n) is 7.34. The summed E-state index contributed by atoms with van der Waals surface area (Å²) in [5.74, 6) is 0.911. The molecule has 1 saturated heterocycles. The van der Waals surface area contributed by atoms with Crippen LogP contribution in [0.15, 0.2) is 45.8 Å². The topological polar surface area (TPSA) is 78.4 Å². The summed E-state index contributed by atoms with van der Waals surface area (Å²) in [4.78, 5) is 2.40. The number of sulfonamides is 1. The predicted octanol–water partition coefficient (Wildman–Crippen LogP) is 1.74. The normalized spacial score (nSPS) is 23.2. The van der Waals surface area contributed by atoms with Gasteiger partial charge in [0, 0.05) is 36.5 Å². The van der Waals surface area contributed by atoms with Gasteiger partial charge in [0.05, 0.1) is 0 Å². The Labute approximate surface area is 128 Å². The van der Waals surface area contributed by atoms with Crippen LogP contribution in [-0.4, -0.2) is 42.4 Å². The van der Waals surface area contributed by atoms with Crippen molar-refractivity contribution in [3.63, 3.8) is 0 Å². The SMILES string of the molecule is O=S1(=O)N=C(N2CCCC(c3ccn[nH]3)C2)c2ccccc21. The Balaban J connectivity index is 1.68. The van der Waals surface area contributed by atoms with Gasteiger partial charge in [0.15, 0.2) is 5.84 Å². The molecule has 22 heavy (non-hydrogen) atoms. The zero-order chi connectivity index (χ0) is 15.2. The summed E-state index contributed by atoms with van der Waals surface area (Å²) in [7, 11) is -3.55. The van der Waals surface area contributed by atoms with E-state index in [0.29, 0.717) is 22.2 Å². The van der Waals surface area contributed by atoms with E-state index in [4.69, 9.17) is 0 Å². The highest BCUT2D eigenvalue weighted by molar-refractivity contribution is 7.90. The zero-order valence-corrected chi connectivity index (χ0v) is 12.8. The van der Waals surface area contributed by atoms with Gasteiger partial charge < -0.3 is 4.90 Å². The van der Waals surface area contributed by atoms with Gasteiger partial charge in [-0.2, -0.15) is 13.5 Å². The first-order valence-corrected chi connectivity index (χ1v) is 8.78. The minimum Gasteiger partial charge on any atom is -0.355 e. The van der Waals surface area contributed by atoms with Gasteiger partial charge in [0.2, 0.25) is 0 Å². The molecule has 4 rings (SSSR count). The first-order chi connectivity index (χ1) is 10.6. The molecule has 1 aromatic carbocycles. The van der Waals surface area contributed by atoms with Crippen molar-refractivity contribution in [3.05, 3.63) is 47.8 Å². The number of H-pyrrole nitrogens is 1. The van der Waals surface area contributed by atoms with E-state index in [1.54, 1.807) is 18.3 Å². The van der Waals surface area contributed by atoms with Gasteiger partial charge in [0.1, 0.15) is 4.90 Å². The summed E-state index contributed by atoms with van der Waals surface area (Å²) in [5, 5.41) is 7.03. The lowest BCUT2D eigenvalue weighted by Gasteiger charge is -2.33. The fourth-order valence-corrected chi connectivity index (χ4v) is 4.46. The van der Waals surface area contributed by atoms with Crippen molar-refractivity contribution in [1.82, 2.24) is 15.1 Å². The number of nitrogens with one attached hydrogen (secondary N) is 1. The molecule has 2 aliphatic rings. The average Bonchev–Trinajstić information content (AvgIpc) is 3.15. The van der Waals surface area contributed by atoms with E-state index in [1.165, 1.54) is 0 Å². The van der Waals surface area contributed by atoms with Gasteiger partial charge in [-0.15, -0.1) is 4.40 Å². The number of piperidine rings is 1. The molecule has 6 nitrogen and oxygen atoms in total. The van der Waals surface area contributed by atoms with Crippen LogP contribution in [0.4, 0.5) is 0 Å². The van der Waals surface area contributed by atoms with Crippen LogP contribution in [0.3, 0.4) is 0 Å². The lowest BCUT2D eigenvalue weighted by Crippen LogP contribution is -2.39. The van der Waals surface area contributed by atoms with Crippen molar-refractivity contribution in [2.24, 2.45) is 4.40 Å². The maximum atomic E-state index is 12.2. The molecule has 2 aromatic rings. The van der Waals surface area contributed by atoms with Crippen molar-refractivity contribution >= 4 is 15.9 Å². The monoisotopic (exact) mass is 316 g/mol. The average molecular weight is 316 g/mol. The van der Waals surface area contributed by atoms with Crippen molar-refractivity contribution in [2.45, 2.75) is 23.7 Å². The summed E-state index contributed by atoms with van der Waals surface area (Å²) >= 11 is 0. The minimum absolute atomic E-state index is 0.314. The number of fused-ring (bicyclic) bond motifs is 1. The van der Waals surface area contributed by atoms with Crippen LogP contribution in [0.1, 0.15) is 30.0 Å². The third-order valence-corrected chi connectivity index (χ3v) is 5.62. The highest BCUT2D eigenvalue weighted by atomic mass is 32.2. The molecule has 0 amide bonds. The van der Waals surface area contributed by atoms with Crippen LogP contribution in [-0.2, 0) is 10.0 Å². The maximum Gasteiger partial charge on any atom is 0.285 e. The van der Waals surface area contributed by atoms with Crippen molar-refractivity contribution in [1.29, 1.82) is 0 Å². The molecule has 0 aliphatic carbocycles. The number of benzene rings is 1. The molecule has 2 aliphatic heterocycles. The summed E-state index contributed by atoms with van der Waals surface area (Å²) in [6, 6.07) is 9.02. The lowest BCUT2D eigenvalue weighted by molar-refractivity contribution is 0.306. The van der Waals surface area contributed by atoms with E-state index >= 15 is 0 Å². The highest BCUT2D eigenvalue weighted by Gasteiger charge is 2.34. The number of hydrogen-bond acceptors (Lipinski definition) is 4. The Morgan fingerprint density at radius 3 is 2.91 bits per heavy atom. The van der Waals surface area contributed by atoms with E-state index in [0.717, 1.165) is 31.6 Å². The molecule has 114 valence electrons. The summed E-state index contributed by atoms with van der Waals surface area (Å²) in [6.45, 7) is 1.58. The van der Waals surface area contributed by atoms with Crippen LogP contribution in [0.2, 0.25) is 0 Å². The smallest absolute Gasteiger partial charge is 0.285 e. The number of likely N-dealkylation sites (tertiary alicyclic amines) is 1. The molecule has 1 N–H and O–H groups in total. The second-order valence-corrected chi connectivity index (χ2v) is 7.26. The van der Waals surface area contributed by atoms with Crippen LogP contribution in [0.25, 0.3) is 0 Å². The van der Waals surface area contributed by atoms with E-state index < -0.39 is 10.0 Å². The summed E-state index contributed by atoms with van der Waals surface area (Å²) in [6.07, 6.45) is 3.83. The van der Waals surface area contributed by atoms with Crippen molar-refractivity contribution in [2.75, 3.05) is 13.1 Å². The van der Waals surface area contributed by atoms with Gasteiger partial charge in [0.25, 0.3) is 10.0 Å². The molecule has 1 unspecified atom stereocenters. The molecular formula is C15H16N4O2S. The van der Waals surface area contributed by atoms with Gasteiger partial charge >= 0.3 is 0 Å². The summed E-state index contributed by atoms with van der Waals surface area (Å²) < 4.78 is 28.4. The molecule has 7 heteroatoms. The van der Waals surface area contributed by atoms with E-state index in [2.05, 4.69) is 19.5 Å². The van der Waals surface area contributed by atoms with Crippen LogP contribution in [0.5, 0.6) is 0 Å². The Morgan fingerprint density at radius 1 is 1.23 bits per heavy atom. The van der Waals surface area contributed by atoms with Gasteiger partial charge in [-0.05, 0) is 31.0 Å². The lowest BCUT2D eigenvalue weighted by atomic mass is 9.94. The second kappa shape index (κ2) is 4.95. The number of aromatic nitrogens is 2. The van der Waals surface area contributed by atoms with E-state index in [-0.39, 0.29) is 0 Å². The Kier molecular flexibility index (Phi) is 3.04. The number of rotatable bonds is 1. The van der Waals surface area contributed by atoms with Gasteiger partial charge in [-0.3, -0.25) is 5.10 Å². The molecule has 0 radical (unpaired) electrons. The molecule has 0 saturated carbocycles. The largest absolute Gasteiger partial charge is 0.355 e. The minimum atomic E-state index is -3.55. The van der Waals surface area contributed by atoms with Gasteiger partial charge in [-0.1, -0.05) is 12.1 Å². The highest BCUT2D eigenvalue weighted by Crippen LogP contribution is 2.31. The molecule has 1 aromatic heterocycles. The zero-order valence-electron chi connectivity index (χ0n) is 11.9. The summed E-state index contributed by atoms with van der Waals surface area (Å²) in [5.41, 5.74) is 1.81. The Morgan fingerprint density at radius 2 is 2.09 bits per heavy atom. The molecule has 0 spiro atoms. The van der Waals surface area contributed by atoms with Gasteiger partial charge in [-0.25, -0.2) is 0 Å².